The largest absolute Gasteiger partial charge is 0.481 e. The first-order valence-corrected chi connectivity index (χ1v) is 8.51. The summed E-state index contributed by atoms with van der Waals surface area (Å²) in [4.78, 5) is 27.0. The summed E-state index contributed by atoms with van der Waals surface area (Å²) < 4.78 is 39.1. The van der Waals surface area contributed by atoms with Crippen LogP contribution in [0.1, 0.15) is 32.6 Å². The third-order valence-corrected chi connectivity index (χ3v) is 5.46. The van der Waals surface area contributed by atoms with Crippen LogP contribution in [0.25, 0.3) is 0 Å². The second kappa shape index (κ2) is 6.20. The van der Waals surface area contributed by atoms with E-state index >= 15 is 0 Å². The number of amides is 1. The highest BCUT2D eigenvalue weighted by molar-refractivity contribution is 5.79. The summed E-state index contributed by atoms with van der Waals surface area (Å²) in [6, 6.07) is 0.339. The van der Waals surface area contributed by atoms with Crippen molar-refractivity contribution >= 4 is 11.9 Å². The minimum atomic E-state index is -4.56. The molecule has 0 spiro atoms. The first kappa shape index (κ1) is 17.5. The Kier molecular flexibility index (Phi) is 4.53. The Hall–Kier alpha value is -1.31. The monoisotopic (exact) mass is 348 g/mol. The van der Waals surface area contributed by atoms with Gasteiger partial charge in [-0.2, -0.15) is 13.2 Å². The molecule has 0 radical (unpaired) electrons. The zero-order valence-electron chi connectivity index (χ0n) is 13.6. The molecule has 1 heterocycles. The topological polar surface area (TPSA) is 60.9 Å². The van der Waals surface area contributed by atoms with E-state index in [1.165, 1.54) is 4.90 Å². The van der Waals surface area contributed by atoms with Crippen LogP contribution in [-0.2, 0) is 9.59 Å². The molecule has 0 bridgehead atoms. The summed E-state index contributed by atoms with van der Waals surface area (Å²) in [6.07, 6.45) is -0.465. The summed E-state index contributed by atoms with van der Waals surface area (Å²) >= 11 is 0. The summed E-state index contributed by atoms with van der Waals surface area (Å²) in [5.74, 6) is -4.50. The minimum absolute atomic E-state index is 0.121. The van der Waals surface area contributed by atoms with E-state index in [-0.39, 0.29) is 31.1 Å². The molecule has 136 valence electrons. The third-order valence-electron chi connectivity index (χ3n) is 5.46. The number of alkyl halides is 3. The first-order valence-electron chi connectivity index (χ1n) is 8.51. The molecule has 3 fully saturated rings. The van der Waals surface area contributed by atoms with E-state index in [0.29, 0.717) is 5.92 Å². The van der Waals surface area contributed by atoms with Gasteiger partial charge in [0.1, 0.15) is 0 Å². The van der Waals surface area contributed by atoms with Gasteiger partial charge in [-0.1, -0.05) is 0 Å². The zero-order valence-corrected chi connectivity index (χ0v) is 13.6. The molecule has 2 saturated carbocycles. The van der Waals surface area contributed by atoms with Crippen LogP contribution >= 0.6 is 0 Å². The maximum absolute atomic E-state index is 13.0. The Balaban J connectivity index is 1.64. The number of halogens is 3. The molecule has 1 unspecified atom stereocenters. The maximum atomic E-state index is 13.0. The molecular formula is C16H23F3N2O3. The average Bonchev–Trinajstić information content (AvgIpc) is 3.35. The van der Waals surface area contributed by atoms with E-state index in [4.69, 9.17) is 5.11 Å². The molecule has 8 heteroatoms. The standard InChI is InChI=1S/C16H23F3N2O3/c1-9(10-2-3-10)21(11-4-5-11)14(22)8-20-6-12(15(23)24)13(7-20)16(17,18)19/h9-13H,2-8H2,1H3,(H,23,24)/t9?,12-,13-/m1/s1. The van der Waals surface area contributed by atoms with E-state index in [1.54, 1.807) is 0 Å². The molecule has 0 aromatic heterocycles. The molecule has 0 aromatic rings. The Morgan fingerprint density at radius 3 is 2.25 bits per heavy atom. The van der Waals surface area contributed by atoms with Crippen LogP contribution in [-0.4, -0.2) is 64.7 Å². The lowest BCUT2D eigenvalue weighted by Gasteiger charge is -2.31. The molecule has 1 saturated heterocycles. The normalized spacial score (nSPS) is 29.5. The van der Waals surface area contributed by atoms with E-state index in [1.807, 2.05) is 11.8 Å². The number of carbonyl (C=O) groups is 2. The number of nitrogens with zero attached hydrogens (tertiary/aromatic N) is 2. The maximum Gasteiger partial charge on any atom is 0.393 e. The number of carboxylic acid groups (broad SMARTS) is 1. The number of carbonyl (C=O) groups excluding carboxylic acids is 1. The summed E-state index contributed by atoms with van der Waals surface area (Å²) in [5, 5.41) is 9.05. The lowest BCUT2D eigenvalue weighted by molar-refractivity contribution is -0.188. The quantitative estimate of drug-likeness (QED) is 0.797. The summed E-state index contributed by atoms with van der Waals surface area (Å²) in [7, 11) is 0. The van der Waals surface area contributed by atoms with Crippen LogP contribution in [0.15, 0.2) is 0 Å². The summed E-state index contributed by atoms with van der Waals surface area (Å²) in [5.41, 5.74) is 0. The number of hydrogen-bond acceptors (Lipinski definition) is 3. The molecule has 1 amide bonds. The molecule has 3 rings (SSSR count). The van der Waals surface area contributed by atoms with Gasteiger partial charge in [-0.3, -0.25) is 14.5 Å². The highest BCUT2D eigenvalue weighted by atomic mass is 19.4. The van der Waals surface area contributed by atoms with Crippen molar-refractivity contribution in [2.75, 3.05) is 19.6 Å². The highest BCUT2D eigenvalue weighted by Crippen LogP contribution is 2.41. The van der Waals surface area contributed by atoms with Crippen molar-refractivity contribution in [3.05, 3.63) is 0 Å². The van der Waals surface area contributed by atoms with Crippen LogP contribution in [0.5, 0.6) is 0 Å². The Morgan fingerprint density at radius 1 is 1.21 bits per heavy atom. The fourth-order valence-electron chi connectivity index (χ4n) is 3.79. The predicted molar refractivity (Wildman–Crippen MR) is 79.2 cm³/mol. The zero-order chi connectivity index (χ0) is 17.6. The van der Waals surface area contributed by atoms with Crippen LogP contribution in [0, 0.1) is 17.8 Å². The smallest absolute Gasteiger partial charge is 0.393 e. The van der Waals surface area contributed by atoms with Crippen LogP contribution in [0.2, 0.25) is 0 Å². The fraction of sp³-hybridized carbons (Fsp3) is 0.875. The first-order chi connectivity index (χ1) is 11.2. The van der Waals surface area contributed by atoms with Gasteiger partial charge in [-0.25, -0.2) is 0 Å². The third kappa shape index (κ3) is 3.68. The van der Waals surface area contributed by atoms with Crippen LogP contribution < -0.4 is 0 Å². The van der Waals surface area contributed by atoms with Crippen molar-refractivity contribution in [3.63, 3.8) is 0 Å². The van der Waals surface area contributed by atoms with Crippen molar-refractivity contribution in [2.24, 2.45) is 17.8 Å². The number of aliphatic carboxylic acids is 1. The molecule has 2 aliphatic carbocycles. The second-order valence-electron chi connectivity index (χ2n) is 7.40. The molecule has 3 aliphatic rings. The van der Waals surface area contributed by atoms with Gasteiger partial charge in [-0.05, 0) is 38.5 Å². The molecule has 1 aliphatic heterocycles. The average molecular weight is 348 g/mol. The van der Waals surface area contributed by atoms with Crippen LogP contribution in [0.4, 0.5) is 13.2 Å². The lowest BCUT2D eigenvalue weighted by atomic mass is 9.96. The molecular weight excluding hydrogens is 325 g/mol. The molecule has 5 nitrogen and oxygen atoms in total. The van der Waals surface area contributed by atoms with E-state index in [2.05, 4.69) is 0 Å². The molecule has 1 N–H and O–H groups in total. The van der Waals surface area contributed by atoms with Gasteiger partial charge in [0.2, 0.25) is 5.91 Å². The minimum Gasteiger partial charge on any atom is -0.481 e. The van der Waals surface area contributed by atoms with Gasteiger partial charge in [-0.15, -0.1) is 0 Å². The van der Waals surface area contributed by atoms with Gasteiger partial charge in [0.05, 0.1) is 18.4 Å². The van der Waals surface area contributed by atoms with E-state index in [9.17, 15) is 22.8 Å². The molecule has 24 heavy (non-hydrogen) atoms. The van der Waals surface area contributed by atoms with Gasteiger partial charge in [0.25, 0.3) is 0 Å². The van der Waals surface area contributed by atoms with Crippen LogP contribution in [0.3, 0.4) is 0 Å². The highest BCUT2D eigenvalue weighted by Gasteiger charge is 2.53. The molecule has 0 aromatic carbocycles. The van der Waals surface area contributed by atoms with Crippen molar-refractivity contribution in [1.82, 2.24) is 9.80 Å². The molecule has 3 atom stereocenters. The van der Waals surface area contributed by atoms with E-state index in [0.717, 1.165) is 25.7 Å². The lowest BCUT2D eigenvalue weighted by Crippen LogP contribution is -2.46. The van der Waals surface area contributed by atoms with E-state index < -0.39 is 30.5 Å². The fourth-order valence-corrected chi connectivity index (χ4v) is 3.79. The Morgan fingerprint density at radius 2 is 1.83 bits per heavy atom. The summed E-state index contributed by atoms with van der Waals surface area (Å²) in [6.45, 7) is 1.25. The second-order valence-corrected chi connectivity index (χ2v) is 7.40. The van der Waals surface area contributed by atoms with Gasteiger partial charge in [0.15, 0.2) is 0 Å². The van der Waals surface area contributed by atoms with Crippen molar-refractivity contribution in [2.45, 2.75) is 50.9 Å². The van der Waals surface area contributed by atoms with Gasteiger partial charge >= 0.3 is 12.1 Å². The van der Waals surface area contributed by atoms with Crippen molar-refractivity contribution < 1.29 is 27.9 Å². The Labute approximate surface area is 138 Å². The SMILES string of the molecule is CC(C1CC1)N(C(=O)CN1C[C@@H](C(F)(F)F)[C@H](C(=O)O)C1)C1CC1. The number of rotatable bonds is 6. The Bertz CT molecular complexity index is 517. The van der Waals surface area contributed by atoms with Crippen molar-refractivity contribution in [1.29, 1.82) is 0 Å². The number of carboxylic acids is 1. The van der Waals surface area contributed by atoms with Gasteiger partial charge in [0, 0.05) is 25.2 Å². The predicted octanol–water partition coefficient (Wildman–Crippen LogP) is 1.97. The number of likely N-dealkylation sites (tertiary alicyclic amines) is 1. The van der Waals surface area contributed by atoms with Gasteiger partial charge < -0.3 is 10.0 Å². The van der Waals surface area contributed by atoms with Crippen molar-refractivity contribution in [3.8, 4) is 0 Å². The number of hydrogen-bond donors (Lipinski definition) is 1.